The second kappa shape index (κ2) is 7.47. The third-order valence-electron chi connectivity index (χ3n) is 3.70. The minimum atomic E-state index is -0.310. The minimum Gasteiger partial charge on any atom is -0.489 e. The summed E-state index contributed by atoms with van der Waals surface area (Å²) in [5.74, 6) is 0.392. The topological polar surface area (TPSA) is 62.1 Å². The van der Waals surface area contributed by atoms with Gasteiger partial charge in [-0.1, -0.05) is 42.5 Å². The Balaban J connectivity index is 1.68. The molecule has 4 nitrogen and oxygen atoms in total. The van der Waals surface area contributed by atoms with Crippen LogP contribution >= 0.6 is 0 Å². The SMILES string of the molecule is N#C/C(=C\c1cccc(OCc2ccccc2)c1)C(=O)NC1CC1. The average Bonchev–Trinajstić information content (AvgIpc) is 3.43. The summed E-state index contributed by atoms with van der Waals surface area (Å²) in [6.07, 6.45) is 3.58. The third-order valence-corrected chi connectivity index (χ3v) is 3.70. The van der Waals surface area contributed by atoms with Crippen LogP contribution < -0.4 is 10.1 Å². The molecule has 24 heavy (non-hydrogen) atoms. The summed E-state index contributed by atoms with van der Waals surface area (Å²) in [5, 5.41) is 12.0. The maximum absolute atomic E-state index is 12.0. The molecule has 2 aromatic rings. The van der Waals surface area contributed by atoms with Crippen LogP contribution in [0.1, 0.15) is 24.0 Å². The van der Waals surface area contributed by atoms with Crippen molar-refractivity contribution in [3.63, 3.8) is 0 Å². The zero-order chi connectivity index (χ0) is 16.8. The molecule has 0 saturated heterocycles. The molecule has 0 radical (unpaired) electrons. The first-order valence-electron chi connectivity index (χ1n) is 7.94. The van der Waals surface area contributed by atoms with E-state index in [1.807, 2.05) is 60.7 Å². The molecule has 1 fully saturated rings. The summed E-state index contributed by atoms with van der Waals surface area (Å²) in [6.45, 7) is 0.473. The van der Waals surface area contributed by atoms with Gasteiger partial charge in [0.25, 0.3) is 5.91 Å². The molecular formula is C20H18N2O2. The lowest BCUT2D eigenvalue weighted by Gasteiger charge is -2.07. The molecule has 1 aliphatic rings. The zero-order valence-corrected chi connectivity index (χ0v) is 13.2. The van der Waals surface area contributed by atoms with E-state index in [1.165, 1.54) is 0 Å². The minimum absolute atomic E-state index is 0.113. The van der Waals surface area contributed by atoms with Crippen LogP contribution in [0.25, 0.3) is 6.08 Å². The van der Waals surface area contributed by atoms with Crippen LogP contribution in [0, 0.1) is 11.3 Å². The highest BCUT2D eigenvalue weighted by Gasteiger charge is 2.24. The van der Waals surface area contributed by atoms with E-state index in [2.05, 4.69) is 5.32 Å². The highest BCUT2D eigenvalue weighted by molar-refractivity contribution is 6.02. The summed E-state index contributed by atoms with van der Waals surface area (Å²) < 4.78 is 5.77. The van der Waals surface area contributed by atoms with Gasteiger partial charge in [0.1, 0.15) is 24.0 Å². The lowest BCUT2D eigenvalue weighted by molar-refractivity contribution is -0.117. The monoisotopic (exact) mass is 318 g/mol. The van der Waals surface area contributed by atoms with Gasteiger partial charge in [0, 0.05) is 6.04 Å². The van der Waals surface area contributed by atoms with Crippen LogP contribution in [0.15, 0.2) is 60.2 Å². The molecule has 0 spiro atoms. The van der Waals surface area contributed by atoms with Gasteiger partial charge >= 0.3 is 0 Å². The Labute approximate surface area is 141 Å². The van der Waals surface area contributed by atoms with Gasteiger partial charge in [0.2, 0.25) is 0 Å². The molecule has 120 valence electrons. The second-order valence-electron chi connectivity index (χ2n) is 5.76. The van der Waals surface area contributed by atoms with Crippen LogP contribution in [-0.4, -0.2) is 11.9 Å². The molecule has 1 amide bonds. The van der Waals surface area contributed by atoms with Gasteiger partial charge in [-0.15, -0.1) is 0 Å². The first-order valence-corrected chi connectivity index (χ1v) is 7.94. The summed E-state index contributed by atoms with van der Waals surface area (Å²) in [7, 11) is 0. The van der Waals surface area contributed by atoms with Crippen LogP contribution in [0.3, 0.4) is 0 Å². The van der Waals surface area contributed by atoms with E-state index in [0.717, 1.165) is 24.0 Å². The Kier molecular flexibility index (Phi) is 4.93. The molecule has 0 heterocycles. The highest BCUT2D eigenvalue weighted by atomic mass is 16.5. The van der Waals surface area contributed by atoms with E-state index in [9.17, 15) is 10.1 Å². The van der Waals surface area contributed by atoms with E-state index in [0.29, 0.717) is 12.4 Å². The van der Waals surface area contributed by atoms with Gasteiger partial charge in [-0.25, -0.2) is 0 Å². The molecular weight excluding hydrogens is 300 g/mol. The summed E-state index contributed by atoms with van der Waals surface area (Å²) in [4.78, 5) is 12.0. The van der Waals surface area contributed by atoms with Crippen molar-refractivity contribution in [2.24, 2.45) is 0 Å². The second-order valence-corrected chi connectivity index (χ2v) is 5.76. The molecule has 0 bridgehead atoms. The number of hydrogen-bond acceptors (Lipinski definition) is 3. The normalized spacial score (nSPS) is 13.9. The van der Waals surface area contributed by atoms with E-state index >= 15 is 0 Å². The maximum Gasteiger partial charge on any atom is 0.262 e. The Bertz CT molecular complexity index is 787. The van der Waals surface area contributed by atoms with Crippen LogP contribution in [-0.2, 0) is 11.4 Å². The molecule has 0 aliphatic heterocycles. The molecule has 1 saturated carbocycles. The van der Waals surface area contributed by atoms with Crippen molar-refractivity contribution >= 4 is 12.0 Å². The number of nitrogens with one attached hydrogen (secondary N) is 1. The van der Waals surface area contributed by atoms with Crippen molar-refractivity contribution < 1.29 is 9.53 Å². The lowest BCUT2D eigenvalue weighted by Crippen LogP contribution is -2.26. The highest BCUT2D eigenvalue weighted by Crippen LogP contribution is 2.20. The molecule has 2 aromatic carbocycles. The van der Waals surface area contributed by atoms with Crippen LogP contribution in [0.2, 0.25) is 0 Å². The molecule has 4 heteroatoms. The molecule has 1 N–H and O–H groups in total. The molecule has 3 rings (SSSR count). The van der Waals surface area contributed by atoms with Crippen LogP contribution in [0.5, 0.6) is 5.75 Å². The fourth-order valence-electron chi connectivity index (χ4n) is 2.24. The smallest absolute Gasteiger partial charge is 0.262 e. The third kappa shape index (κ3) is 4.47. The van der Waals surface area contributed by atoms with E-state index < -0.39 is 0 Å². The quantitative estimate of drug-likeness (QED) is 0.655. The first-order chi connectivity index (χ1) is 11.7. The molecule has 0 aromatic heterocycles. The fraction of sp³-hybridized carbons (Fsp3) is 0.200. The Hall–Kier alpha value is -3.06. The number of carbonyl (C=O) groups is 1. The van der Waals surface area contributed by atoms with Gasteiger partial charge in [-0.3, -0.25) is 4.79 Å². The number of amides is 1. The Morgan fingerprint density at radius 3 is 2.71 bits per heavy atom. The van der Waals surface area contributed by atoms with Gasteiger partial charge in [0.05, 0.1) is 0 Å². The molecule has 1 aliphatic carbocycles. The van der Waals surface area contributed by atoms with Crippen molar-refractivity contribution in [2.75, 3.05) is 0 Å². The molecule has 0 atom stereocenters. The standard InChI is InChI=1S/C20H18N2O2/c21-13-17(20(23)22-18-9-10-18)11-16-7-4-8-19(12-16)24-14-15-5-2-1-3-6-15/h1-8,11-12,18H,9-10,14H2,(H,22,23)/b17-11+. The van der Waals surface area contributed by atoms with Gasteiger partial charge < -0.3 is 10.1 Å². The number of hydrogen-bond donors (Lipinski definition) is 1. The predicted octanol–water partition coefficient (Wildman–Crippen LogP) is 3.45. The van der Waals surface area contributed by atoms with E-state index in [1.54, 1.807) is 6.08 Å². The first kappa shape index (κ1) is 15.8. The van der Waals surface area contributed by atoms with Crippen molar-refractivity contribution in [1.29, 1.82) is 5.26 Å². The maximum atomic E-state index is 12.0. The summed E-state index contributed by atoms with van der Waals surface area (Å²) >= 11 is 0. The van der Waals surface area contributed by atoms with Crippen molar-refractivity contribution in [3.05, 3.63) is 71.3 Å². The largest absolute Gasteiger partial charge is 0.489 e. The van der Waals surface area contributed by atoms with Crippen molar-refractivity contribution in [3.8, 4) is 11.8 Å². The summed E-state index contributed by atoms with van der Waals surface area (Å²) in [6, 6.07) is 19.5. The van der Waals surface area contributed by atoms with Crippen LogP contribution in [0.4, 0.5) is 0 Å². The number of carbonyl (C=O) groups excluding carboxylic acids is 1. The van der Waals surface area contributed by atoms with Gasteiger partial charge in [-0.2, -0.15) is 5.26 Å². The Morgan fingerprint density at radius 2 is 2.00 bits per heavy atom. The van der Waals surface area contributed by atoms with Gasteiger partial charge in [-0.05, 0) is 42.2 Å². The van der Waals surface area contributed by atoms with Crippen molar-refractivity contribution in [1.82, 2.24) is 5.32 Å². The predicted molar refractivity (Wildman–Crippen MR) is 92.0 cm³/mol. The number of ether oxygens (including phenoxy) is 1. The number of nitrogens with zero attached hydrogens (tertiary/aromatic N) is 1. The lowest BCUT2D eigenvalue weighted by atomic mass is 10.1. The number of nitriles is 1. The summed E-state index contributed by atoms with van der Waals surface area (Å²) in [5.41, 5.74) is 1.96. The van der Waals surface area contributed by atoms with E-state index in [4.69, 9.17) is 4.74 Å². The Morgan fingerprint density at radius 1 is 1.21 bits per heavy atom. The molecule has 0 unspecified atom stereocenters. The number of benzene rings is 2. The van der Waals surface area contributed by atoms with Crippen molar-refractivity contribution in [2.45, 2.75) is 25.5 Å². The number of rotatable bonds is 6. The van der Waals surface area contributed by atoms with Gasteiger partial charge in [0.15, 0.2) is 0 Å². The van der Waals surface area contributed by atoms with E-state index in [-0.39, 0.29) is 17.5 Å². The zero-order valence-electron chi connectivity index (χ0n) is 13.2. The fourth-order valence-corrected chi connectivity index (χ4v) is 2.24. The average molecular weight is 318 g/mol.